The lowest BCUT2D eigenvalue weighted by Gasteiger charge is -2.07. The van der Waals surface area contributed by atoms with Crippen molar-refractivity contribution in [2.75, 3.05) is 12.8 Å². The predicted molar refractivity (Wildman–Crippen MR) is 64.7 cm³/mol. The van der Waals surface area contributed by atoms with Crippen LogP contribution in [0.2, 0.25) is 0 Å². The summed E-state index contributed by atoms with van der Waals surface area (Å²) in [6, 6.07) is 4.97. The average Bonchev–Trinajstić information content (AvgIpc) is 2.75. The summed E-state index contributed by atoms with van der Waals surface area (Å²) in [4.78, 5) is 0. The lowest BCUT2D eigenvalue weighted by Crippen LogP contribution is -2.17. The third-order valence-electron chi connectivity index (χ3n) is 2.55. The first-order valence-electron chi connectivity index (χ1n) is 5.42. The van der Waals surface area contributed by atoms with E-state index in [0.29, 0.717) is 22.6 Å². The molecule has 0 radical (unpaired) electrons. The summed E-state index contributed by atoms with van der Waals surface area (Å²) in [6.45, 7) is -1.13. The molecule has 1 aromatic carbocycles. The van der Waals surface area contributed by atoms with E-state index < -0.39 is 12.7 Å². The van der Waals surface area contributed by atoms with Crippen molar-refractivity contribution in [3.63, 3.8) is 0 Å². The van der Waals surface area contributed by atoms with Crippen LogP contribution in [0, 0.1) is 0 Å². The number of rotatable bonds is 3. The zero-order valence-electron chi connectivity index (χ0n) is 10.1. The van der Waals surface area contributed by atoms with Crippen LogP contribution in [0.15, 0.2) is 30.6 Å². The molecule has 0 saturated carbocycles. The van der Waals surface area contributed by atoms with Gasteiger partial charge in [0.25, 0.3) is 0 Å². The van der Waals surface area contributed by atoms with E-state index >= 15 is 0 Å². The van der Waals surface area contributed by atoms with Crippen LogP contribution in [0.4, 0.5) is 18.9 Å². The van der Waals surface area contributed by atoms with Gasteiger partial charge >= 0.3 is 6.18 Å². The summed E-state index contributed by atoms with van der Waals surface area (Å²) in [5, 5.41) is 3.67. The Balaban J connectivity index is 2.32. The molecule has 4 nitrogen and oxygen atoms in total. The van der Waals surface area contributed by atoms with Crippen LogP contribution in [0.5, 0.6) is 5.75 Å². The highest BCUT2D eigenvalue weighted by molar-refractivity contribution is 5.76. The Labute approximate surface area is 107 Å². The van der Waals surface area contributed by atoms with Crippen LogP contribution in [-0.2, 0) is 6.54 Å². The zero-order chi connectivity index (χ0) is 14.0. The number of benzene rings is 1. The van der Waals surface area contributed by atoms with Gasteiger partial charge in [0.05, 0.1) is 13.3 Å². The number of halogens is 3. The van der Waals surface area contributed by atoms with Crippen LogP contribution >= 0.6 is 0 Å². The van der Waals surface area contributed by atoms with Gasteiger partial charge in [0, 0.05) is 23.0 Å². The van der Waals surface area contributed by atoms with Crippen LogP contribution in [-0.4, -0.2) is 23.1 Å². The number of nitrogens with zero attached hydrogens (tertiary/aromatic N) is 2. The van der Waals surface area contributed by atoms with Gasteiger partial charge in [-0.3, -0.25) is 4.68 Å². The molecule has 0 aliphatic rings. The summed E-state index contributed by atoms with van der Waals surface area (Å²) in [6.07, 6.45) is -1.65. The fourth-order valence-electron chi connectivity index (χ4n) is 1.69. The third-order valence-corrected chi connectivity index (χ3v) is 2.55. The summed E-state index contributed by atoms with van der Waals surface area (Å²) < 4.78 is 42.6. The van der Waals surface area contributed by atoms with E-state index in [4.69, 9.17) is 10.5 Å². The normalized spacial score (nSPS) is 11.6. The lowest BCUT2D eigenvalue weighted by atomic mass is 10.1. The second kappa shape index (κ2) is 4.83. The minimum absolute atomic E-state index is 0.451. The maximum absolute atomic E-state index is 12.2. The van der Waals surface area contributed by atoms with Crippen LogP contribution in [0.3, 0.4) is 0 Å². The number of hydrogen-bond acceptors (Lipinski definition) is 3. The van der Waals surface area contributed by atoms with Gasteiger partial charge in [0.2, 0.25) is 0 Å². The second-order valence-corrected chi connectivity index (χ2v) is 3.99. The minimum atomic E-state index is -4.30. The van der Waals surface area contributed by atoms with Crippen molar-refractivity contribution in [1.82, 2.24) is 9.78 Å². The quantitative estimate of drug-likeness (QED) is 0.873. The zero-order valence-corrected chi connectivity index (χ0v) is 10.1. The molecule has 0 atom stereocenters. The van der Waals surface area contributed by atoms with Gasteiger partial charge in [0.15, 0.2) is 0 Å². The molecule has 0 saturated heterocycles. The van der Waals surface area contributed by atoms with E-state index in [0.717, 1.165) is 4.68 Å². The number of nitrogens with two attached hydrogens (primary N) is 1. The molecule has 1 aromatic heterocycles. The van der Waals surface area contributed by atoms with E-state index in [1.165, 1.54) is 19.5 Å². The molecule has 19 heavy (non-hydrogen) atoms. The first-order valence-corrected chi connectivity index (χ1v) is 5.42. The predicted octanol–water partition coefficient (Wildman–Crippen LogP) is 2.70. The summed E-state index contributed by atoms with van der Waals surface area (Å²) >= 11 is 0. The molecule has 0 aliphatic heterocycles. The molecule has 2 N–H and O–H groups in total. The highest BCUT2D eigenvalue weighted by atomic mass is 19.4. The molecule has 1 heterocycles. The number of nitrogen functional groups attached to an aromatic ring is 1. The maximum atomic E-state index is 12.2. The van der Waals surface area contributed by atoms with Crippen molar-refractivity contribution >= 4 is 5.69 Å². The Morgan fingerprint density at radius 3 is 2.74 bits per heavy atom. The van der Waals surface area contributed by atoms with Gasteiger partial charge in [0.1, 0.15) is 12.3 Å². The van der Waals surface area contributed by atoms with Crippen LogP contribution in [0.1, 0.15) is 0 Å². The first kappa shape index (κ1) is 13.3. The third kappa shape index (κ3) is 3.18. The van der Waals surface area contributed by atoms with Crippen LogP contribution in [0.25, 0.3) is 11.1 Å². The van der Waals surface area contributed by atoms with E-state index in [2.05, 4.69) is 5.10 Å². The molecule has 0 unspecified atom stereocenters. The number of aromatic nitrogens is 2. The van der Waals surface area contributed by atoms with Gasteiger partial charge in [-0.1, -0.05) is 0 Å². The number of hydrogen-bond donors (Lipinski definition) is 1. The molecular weight excluding hydrogens is 259 g/mol. The van der Waals surface area contributed by atoms with E-state index in [1.54, 1.807) is 18.2 Å². The van der Waals surface area contributed by atoms with E-state index in [1.807, 2.05) is 0 Å². The van der Waals surface area contributed by atoms with Gasteiger partial charge in [-0.2, -0.15) is 18.3 Å². The maximum Gasteiger partial charge on any atom is 0.408 e. The van der Waals surface area contributed by atoms with Gasteiger partial charge in [-0.25, -0.2) is 0 Å². The smallest absolute Gasteiger partial charge is 0.408 e. The number of anilines is 1. The summed E-state index contributed by atoms with van der Waals surface area (Å²) in [5.41, 5.74) is 7.35. The summed E-state index contributed by atoms with van der Waals surface area (Å²) in [7, 11) is 1.50. The summed E-state index contributed by atoms with van der Waals surface area (Å²) in [5.74, 6) is 0.577. The molecular formula is C12H12F3N3O. The highest BCUT2D eigenvalue weighted by Gasteiger charge is 2.28. The largest absolute Gasteiger partial charge is 0.497 e. The Morgan fingerprint density at radius 2 is 2.11 bits per heavy atom. The fraction of sp³-hybridized carbons (Fsp3) is 0.250. The van der Waals surface area contributed by atoms with E-state index in [9.17, 15) is 13.2 Å². The number of methoxy groups -OCH3 is 1. The molecule has 102 valence electrons. The number of ether oxygens (including phenoxy) is 1. The topological polar surface area (TPSA) is 53.1 Å². The fourth-order valence-corrected chi connectivity index (χ4v) is 1.69. The standard InChI is InChI=1S/C12H12F3N3O/c1-19-9-2-3-11(16)10(4-9)8-5-17-18(6-8)7-12(13,14)15/h2-6H,7,16H2,1H3. The van der Waals surface area contributed by atoms with Crippen LogP contribution < -0.4 is 10.5 Å². The van der Waals surface area contributed by atoms with Gasteiger partial charge in [-0.15, -0.1) is 0 Å². The Hall–Kier alpha value is -2.18. The molecule has 0 bridgehead atoms. The molecule has 0 spiro atoms. The highest BCUT2D eigenvalue weighted by Crippen LogP contribution is 2.30. The van der Waals surface area contributed by atoms with Crippen molar-refractivity contribution in [3.8, 4) is 16.9 Å². The van der Waals surface area contributed by atoms with Crippen molar-refractivity contribution < 1.29 is 17.9 Å². The minimum Gasteiger partial charge on any atom is -0.497 e. The molecule has 2 aromatic rings. The first-order chi connectivity index (χ1) is 8.89. The van der Waals surface area contributed by atoms with Crippen molar-refractivity contribution in [2.45, 2.75) is 12.7 Å². The molecule has 7 heteroatoms. The lowest BCUT2D eigenvalue weighted by molar-refractivity contribution is -0.142. The monoisotopic (exact) mass is 271 g/mol. The van der Waals surface area contributed by atoms with Crippen molar-refractivity contribution in [1.29, 1.82) is 0 Å². The number of alkyl halides is 3. The SMILES string of the molecule is COc1ccc(N)c(-c2cnn(CC(F)(F)F)c2)c1. The average molecular weight is 271 g/mol. The Morgan fingerprint density at radius 1 is 1.37 bits per heavy atom. The molecule has 0 aliphatic carbocycles. The van der Waals surface area contributed by atoms with E-state index in [-0.39, 0.29) is 0 Å². The Kier molecular flexibility index (Phi) is 3.37. The Bertz CT molecular complexity index is 578. The van der Waals surface area contributed by atoms with Gasteiger partial charge in [-0.05, 0) is 18.2 Å². The van der Waals surface area contributed by atoms with Crippen molar-refractivity contribution in [3.05, 3.63) is 30.6 Å². The van der Waals surface area contributed by atoms with Crippen molar-refractivity contribution in [2.24, 2.45) is 0 Å². The van der Waals surface area contributed by atoms with Gasteiger partial charge < -0.3 is 10.5 Å². The second-order valence-electron chi connectivity index (χ2n) is 3.99. The molecule has 0 amide bonds. The molecule has 2 rings (SSSR count). The molecule has 0 fully saturated rings.